The van der Waals surface area contributed by atoms with Crippen molar-refractivity contribution in [3.8, 4) is 0 Å². The van der Waals surface area contributed by atoms with Crippen LogP contribution in [0.15, 0.2) is 24.4 Å². The largest absolute Gasteiger partial charge is 0.397 e. The SMILES string of the molecule is CCc1cnc(CNc2ccc(Cl)cc2N)s1. The van der Waals surface area contributed by atoms with E-state index in [1.165, 1.54) is 4.88 Å². The summed E-state index contributed by atoms with van der Waals surface area (Å²) in [6.07, 6.45) is 2.95. The molecule has 17 heavy (non-hydrogen) atoms. The zero-order chi connectivity index (χ0) is 12.3. The summed E-state index contributed by atoms with van der Waals surface area (Å²) in [4.78, 5) is 5.64. The summed E-state index contributed by atoms with van der Waals surface area (Å²) >= 11 is 7.56. The van der Waals surface area contributed by atoms with Crippen LogP contribution in [0, 0.1) is 0 Å². The number of nitrogens with one attached hydrogen (secondary N) is 1. The van der Waals surface area contributed by atoms with Crippen LogP contribution >= 0.6 is 22.9 Å². The van der Waals surface area contributed by atoms with E-state index in [1.54, 1.807) is 17.4 Å². The molecule has 0 bridgehead atoms. The number of hydrogen-bond donors (Lipinski definition) is 2. The Balaban J connectivity index is 2.02. The first kappa shape index (κ1) is 12.2. The summed E-state index contributed by atoms with van der Waals surface area (Å²) in [5.74, 6) is 0. The van der Waals surface area contributed by atoms with Crippen molar-refractivity contribution in [3.63, 3.8) is 0 Å². The lowest BCUT2D eigenvalue weighted by Crippen LogP contribution is -2.01. The Labute approximate surface area is 110 Å². The highest BCUT2D eigenvalue weighted by atomic mass is 35.5. The van der Waals surface area contributed by atoms with Crippen molar-refractivity contribution in [2.45, 2.75) is 19.9 Å². The van der Waals surface area contributed by atoms with Gasteiger partial charge in [0.2, 0.25) is 0 Å². The maximum Gasteiger partial charge on any atom is 0.112 e. The molecule has 1 aromatic heterocycles. The molecule has 0 amide bonds. The van der Waals surface area contributed by atoms with Gasteiger partial charge in [0, 0.05) is 16.1 Å². The lowest BCUT2D eigenvalue weighted by Gasteiger charge is -2.07. The number of nitrogens with two attached hydrogens (primary N) is 1. The quantitative estimate of drug-likeness (QED) is 0.833. The first-order chi connectivity index (χ1) is 8.19. The van der Waals surface area contributed by atoms with Crippen LogP contribution in [0.2, 0.25) is 5.02 Å². The van der Waals surface area contributed by atoms with Gasteiger partial charge in [-0.3, -0.25) is 0 Å². The van der Waals surface area contributed by atoms with Crippen molar-refractivity contribution in [3.05, 3.63) is 39.3 Å². The second-order valence-electron chi connectivity index (χ2n) is 3.66. The maximum atomic E-state index is 5.85. The molecule has 1 aromatic carbocycles. The van der Waals surface area contributed by atoms with Gasteiger partial charge in [-0.25, -0.2) is 4.98 Å². The van der Waals surface area contributed by atoms with E-state index in [4.69, 9.17) is 17.3 Å². The van der Waals surface area contributed by atoms with Gasteiger partial charge in [-0.05, 0) is 24.6 Å². The van der Waals surface area contributed by atoms with Crippen LogP contribution in [0.1, 0.15) is 16.8 Å². The fourth-order valence-corrected chi connectivity index (χ4v) is 2.44. The smallest absolute Gasteiger partial charge is 0.112 e. The molecule has 0 aliphatic rings. The standard InChI is InChI=1S/C12H14ClN3S/c1-2-9-6-16-12(17-9)7-15-11-4-3-8(13)5-10(11)14/h3-6,15H,2,7,14H2,1H3. The number of aryl methyl sites for hydroxylation is 1. The Bertz CT molecular complexity index is 510. The van der Waals surface area contributed by atoms with E-state index in [9.17, 15) is 0 Å². The molecule has 2 rings (SSSR count). The summed E-state index contributed by atoms with van der Waals surface area (Å²) in [5.41, 5.74) is 7.40. The summed E-state index contributed by atoms with van der Waals surface area (Å²) in [6, 6.07) is 5.44. The predicted octanol–water partition coefficient (Wildman–Crippen LogP) is 3.55. The van der Waals surface area contributed by atoms with E-state index < -0.39 is 0 Å². The van der Waals surface area contributed by atoms with E-state index in [-0.39, 0.29) is 0 Å². The third-order valence-corrected chi connectivity index (χ3v) is 3.77. The predicted molar refractivity (Wildman–Crippen MR) is 74.7 cm³/mol. The molecule has 0 aliphatic heterocycles. The molecule has 0 saturated heterocycles. The fraction of sp³-hybridized carbons (Fsp3) is 0.250. The monoisotopic (exact) mass is 267 g/mol. The summed E-state index contributed by atoms with van der Waals surface area (Å²) in [7, 11) is 0. The van der Waals surface area contributed by atoms with Crippen molar-refractivity contribution >= 4 is 34.3 Å². The van der Waals surface area contributed by atoms with E-state index in [0.29, 0.717) is 17.3 Å². The zero-order valence-corrected chi connectivity index (χ0v) is 11.1. The van der Waals surface area contributed by atoms with Crippen molar-refractivity contribution in [1.29, 1.82) is 0 Å². The van der Waals surface area contributed by atoms with Gasteiger partial charge in [0.1, 0.15) is 5.01 Å². The van der Waals surface area contributed by atoms with Gasteiger partial charge in [0.25, 0.3) is 0 Å². The Hall–Kier alpha value is -1.26. The van der Waals surface area contributed by atoms with Gasteiger partial charge < -0.3 is 11.1 Å². The molecule has 2 aromatic rings. The molecule has 0 fully saturated rings. The number of nitrogen functional groups attached to an aromatic ring is 1. The van der Waals surface area contributed by atoms with E-state index >= 15 is 0 Å². The molecule has 90 valence electrons. The Morgan fingerprint density at radius 2 is 2.29 bits per heavy atom. The number of anilines is 2. The molecule has 3 N–H and O–H groups in total. The van der Waals surface area contributed by atoms with Crippen molar-refractivity contribution < 1.29 is 0 Å². The van der Waals surface area contributed by atoms with E-state index in [0.717, 1.165) is 17.1 Å². The van der Waals surface area contributed by atoms with Gasteiger partial charge in [0.05, 0.1) is 17.9 Å². The number of benzene rings is 1. The van der Waals surface area contributed by atoms with Crippen LogP contribution < -0.4 is 11.1 Å². The van der Waals surface area contributed by atoms with E-state index in [1.807, 2.05) is 18.3 Å². The number of rotatable bonds is 4. The minimum atomic E-state index is 0.649. The fourth-order valence-electron chi connectivity index (χ4n) is 1.46. The van der Waals surface area contributed by atoms with Gasteiger partial charge in [-0.15, -0.1) is 11.3 Å². The molecule has 0 saturated carbocycles. The number of nitrogens with zero attached hydrogens (tertiary/aromatic N) is 1. The minimum absolute atomic E-state index is 0.649. The number of halogens is 1. The van der Waals surface area contributed by atoms with Crippen LogP contribution in [-0.2, 0) is 13.0 Å². The molecule has 0 radical (unpaired) electrons. The van der Waals surface area contributed by atoms with Crippen molar-refractivity contribution in [1.82, 2.24) is 4.98 Å². The van der Waals surface area contributed by atoms with Crippen LogP contribution in [0.5, 0.6) is 0 Å². The van der Waals surface area contributed by atoms with Gasteiger partial charge in [-0.2, -0.15) is 0 Å². The Morgan fingerprint density at radius 3 is 2.94 bits per heavy atom. The van der Waals surface area contributed by atoms with Crippen LogP contribution in [0.3, 0.4) is 0 Å². The third-order valence-electron chi connectivity index (χ3n) is 2.39. The lowest BCUT2D eigenvalue weighted by molar-refractivity contribution is 1.09. The summed E-state index contributed by atoms with van der Waals surface area (Å²) in [6.45, 7) is 2.82. The second-order valence-corrected chi connectivity index (χ2v) is 5.30. The molecular formula is C12H14ClN3S. The zero-order valence-electron chi connectivity index (χ0n) is 9.53. The molecule has 5 heteroatoms. The number of aromatic nitrogens is 1. The average molecular weight is 268 g/mol. The first-order valence-corrected chi connectivity index (χ1v) is 6.61. The highest BCUT2D eigenvalue weighted by Crippen LogP contribution is 2.23. The molecule has 0 atom stereocenters. The molecule has 0 unspecified atom stereocenters. The third kappa shape index (κ3) is 3.11. The number of thiazole rings is 1. The Morgan fingerprint density at radius 1 is 1.47 bits per heavy atom. The second kappa shape index (κ2) is 5.38. The molecule has 3 nitrogen and oxygen atoms in total. The molecule has 1 heterocycles. The first-order valence-electron chi connectivity index (χ1n) is 5.41. The van der Waals surface area contributed by atoms with Gasteiger partial charge in [-0.1, -0.05) is 18.5 Å². The lowest BCUT2D eigenvalue weighted by atomic mass is 10.2. The van der Waals surface area contributed by atoms with E-state index in [2.05, 4.69) is 17.2 Å². The average Bonchev–Trinajstić information content (AvgIpc) is 2.76. The topological polar surface area (TPSA) is 50.9 Å². The summed E-state index contributed by atoms with van der Waals surface area (Å²) < 4.78 is 0. The van der Waals surface area contributed by atoms with Crippen LogP contribution in [0.4, 0.5) is 11.4 Å². The molecular weight excluding hydrogens is 254 g/mol. The van der Waals surface area contributed by atoms with Gasteiger partial charge >= 0.3 is 0 Å². The normalized spacial score (nSPS) is 10.5. The van der Waals surface area contributed by atoms with Crippen molar-refractivity contribution in [2.24, 2.45) is 0 Å². The highest BCUT2D eigenvalue weighted by Gasteiger charge is 2.03. The summed E-state index contributed by atoms with van der Waals surface area (Å²) in [5, 5.41) is 4.97. The van der Waals surface area contributed by atoms with Crippen LogP contribution in [-0.4, -0.2) is 4.98 Å². The highest BCUT2D eigenvalue weighted by molar-refractivity contribution is 7.11. The minimum Gasteiger partial charge on any atom is -0.397 e. The van der Waals surface area contributed by atoms with Crippen LogP contribution in [0.25, 0.3) is 0 Å². The number of hydrogen-bond acceptors (Lipinski definition) is 4. The maximum absolute atomic E-state index is 5.85. The van der Waals surface area contributed by atoms with Crippen molar-refractivity contribution in [2.75, 3.05) is 11.1 Å². The Kier molecular flexibility index (Phi) is 3.86. The molecule has 0 aliphatic carbocycles. The van der Waals surface area contributed by atoms with Gasteiger partial charge in [0.15, 0.2) is 0 Å². The molecule has 0 spiro atoms.